The Bertz CT molecular complexity index is 1340. The molecular weight excluding hydrogens is 423 g/mol. The molecule has 1 N–H and O–H groups in total. The van der Waals surface area contributed by atoms with E-state index in [-0.39, 0.29) is 11.4 Å². The average molecular weight is 449 g/mol. The van der Waals surface area contributed by atoms with Gasteiger partial charge in [0.15, 0.2) is 5.82 Å². The topological polar surface area (TPSA) is 88.9 Å². The fourth-order valence-corrected chi connectivity index (χ4v) is 4.41. The van der Waals surface area contributed by atoms with Gasteiger partial charge < -0.3 is 9.72 Å². The van der Waals surface area contributed by atoms with Crippen molar-refractivity contribution in [2.24, 2.45) is 0 Å². The van der Waals surface area contributed by atoms with E-state index < -0.39 is 6.04 Å². The van der Waals surface area contributed by atoms with Gasteiger partial charge in [0, 0.05) is 24.0 Å². The van der Waals surface area contributed by atoms with Crippen molar-refractivity contribution in [3.05, 3.63) is 86.7 Å². The van der Waals surface area contributed by atoms with Crippen molar-refractivity contribution < 1.29 is 9.13 Å². The van der Waals surface area contributed by atoms with E-state index in [2.05, 4.69) is 31.5 Å². The lowest BCUT2D eigenvalue weighted by molar-refractivity contribution is 0.0214. The maximum atomic E-state index is 13.4. The minimum absolute atomic E-state index is 0.163. The molecule has 3 heterocycles. The molecule has 2 aromatic heterocycles. The van der Waals surface area contributed by atoms with E-state index in [0.29, 0.717) is 44.2 Å². The third-order valence-electron chi connectivity index (χ3n) is 6.23. The van der Waals surface area contributed by atoms with E-state index in [1.54, 1.807) is 16.8 Å². The third kappa shape index (κ3) is 4.17. The second-order valence-electron chi connectivity index (χ2n) is 8.41. The highest BCUT2D eigenvalue weighted by molar-refractivity contribution is 5.85. The minimum atomic E-state index is -0.447. The Morgan fingerprint density at radius 1 is 1.09 bits per heavy atom. The van der Waals surface area contributed by atoms with Gasteiger partial charge in [0.1, 0.15) is 11.9 Å². The van der Waals surface area contributed by atoms with Gasteiger partial charge >= 0.3 is 0 Å². The lowest BCUT2D eigenvalue weighted by atomic mass is 9.99. The average Bonchev–Trinajstić information content (AvgIpc) is 3.27. The van der Waals surface area contributed by atoms with Crippen LogP contribution in [0.3, 0.4) is 0 Å². The summed E-state index contributed by atoms with van der Waals surface area (Å²) >= 11 is 0. The van der Waals surface area contributed by atoms with Gasteiger partial charge in [-0.15, -0.1) is 5.10 Å². The van der Waals surface area contributed by atoms with Crippen LogP contribution >= 0.6 is 0 Å². The summed E-state index contributed by atoms with van der Waals surface area (Å²) in [5.74, 6) is 0.270. The Kier molecular flexibility index (Phi) is 5.74. The molecule has 1 atom stereocenters. The molecule has 9 heteroatoms. The Balaban J connectivity index is 1.64. The van der Waals surface area contributed by atoms with E-state index in [1.807, 2.05) is 26.0 Å². The molecule has 1 fully saturated rings. The number of nitrogens with one attached hydrogen (secondary N) is 1. The van der Waals surface area contributed by atoms with Crippen molar-refractivity contribution in [1.29, 1.82) is 0 Å². The maximum Gasteiger partial charge on any atom is 0.253 e. The Labute approximate surface area is 190 Å². The first kappa shape index (κ1) is 21.4. The number of morpholine rings is 1. The molecule has 2 aromatic carbocycles. The standard InChI is InChI=1S/C24H25FN6O2/c1-15-3-4-16(2)21-19(15)13-20(24(32)26-21)22(30-9-11-33-12-10-30)23-27-28-29-31(23)14-17-5-7-18(25)8-6-17/h3-8,13,22H,9-12,14H2,1-2H3,(H,26,32). The van der Waals surface area contributed by atoms with Gasteiger partial charge in [0.25, 0.3) is 5.56 Å². The molecule has 5 rings (SSSR count). The molecule has 1 saturated heterocycles. The zero-order valence-electron chi connectivity index (χ0n) is 18.6. The summed E-state index contributed by atoms with van der Waals surface area (Å²) in [6, 6.07) is 11.8. The van der Waals surface area contributed by atoms with Crippen LogP contribution in [0.4, 0.5) is 4.39 Å². The molecule has 1 unspecified atom stereocenters. The third-order valence-corrected chi connectivity index (χ3v) is 6.23. The summed E-state index contributed by atoms with van der Waals surface area (Å²) in [5, 5.41) is 13.4. The fourth-order valence-electron chi connectivity index (χ4n) is 4.41. The molecule has 8 nitrogen and oxygen atoms in total. The number of nitrogens with zero attached hydrogens (tertiary/aromatic N) is 5. The van der Waals surface area contributed by atoms with Crippen LogP contribution in [0.5, 0.6) is 0 Å². The number of H-pyrrole nitrogens is 1. The summed E-state index contributed by atoms with van der Waals surface area (Å²) in [6.45, 7) is 6.83. The quantitative estimate of drug-likeness (QED) is 0.505. The molecular formula is C24H25FN6O2. The maximum absolute atomic E-state index is 13.4. The smallest absolute Gasteiger partial charge is 0.253 e. The van der Waals surface area contributed by atoms with Crippen LogP contribution < -0.4 is 5.56 Å². The molecule has 0 aliphatic carbocycles. The number of aromatic nitrogens is 5. The molecule has 0 bridgehead atoms. The number of fused-ring (bicyclic) bond motifs is 1. The van der Waals surface area contributed by atoms with Gasteiger partial charge in [0.05, 0.1) is 25.3 Å². The first-order valence-electron chi connectivity index (χ1n) is 11.0. The van der Waals surface area contributed by atoms with Crippen LogP contribution in [0.15, 0.2) is 47.3 Å². The van der Waals surface area contributed by atoms with E-state index in [0.717, 1.165) is 27.6 Å². The monoisotopic (exact) mass is 448 g/mol. The second kappa shape index (κ2) is 8.84. The number of hydrogen-bond acceptors (Lipinski definition) is 6. The van der Waals surface area contributed by atoms with Gasteiger partial charge in [0.2, 0.25) is 0 Å². The zero-order valence-corrected chi connectivity index (χ0v) is 18.6. The van der Waals surface area contributed by atoms with E-state index in [1.165, 1.54) is 12.1 Å². The molecule has 1 aliphatic rings. The van der Waals surface area contributed by atoms with Gasteiger partial charge in [-0.25, -0.2) is 9.07 Å². The van der Waals surface area contributed by atoms with Crippen molar-refractivity contribution >= 4 is 10.9 Å². The molecule has 1 aliphatic heterocycles. The van der Waals surface area contributed by atoms with Gasteiger partial charge in [-0.05, 0) is 59.2 Å². The molecule has 0 saturated carbocycles. The summed E-state index contributed by atoms with van der Waals surface area (Å²) in [5.41, 5.74) is 4.24. The fraction of sp³-hybridized carbons (Fsp3) is 0.333. The normalized spacial score (nSPS) is 15.7. The van der Waals surface area contributed by atoms with E-state index in [4.69, 9.17) is 4.74 Å². The zero-order chi connectivity index (χ0) is 22.9. The molecule has 0 radical (unpaired) electrons. The van der Waals surface area contributed by atoms with E-state index in [9.17, 15) is 9.18 Å². The lowest BCUT2D eigenvalue weighted by Crippen LogP contribution is -2.42. The Morgan fingerprint density at radius 3 is 2.58 bits per heavy atom. The first-order chi connectivity index (χ1) is 16.0. The van der Waals surface area contributed by atoms with Crippen molar-refractivity contribution in [1.82, 2.24) is 30.1 Å². The van der Waals surface area contributed by atoms with Gasteiger partial charge in [-0.3, -0.25) is 9.69 Å². The summed E-state index contributed by atoms with van der Waals surface area (Å²) in [7, 11) is 0. The lowest BCUT2D eigenvalue weighted by Gasteiger charge is -2.33. The number of aromatic amines is 1. The van der Waals surface area contributed by atoms with Crippen LogP contribution in [0.25, 0.3) is 10.9 Å². The van der Waals surface area contributed by atoms with Gasteiger partial charge in [-0.1, -0.05) is 24.3 Å². The van der Waals surface area contributed by atoms with Gasteiger partial charge in [-0.2, -0.15) is 0 Å². The molecule has 4 aromatic rings. The Morgan fingerprint density at radius 2 is 1.82 bits per heavy atom. The van der Waals surface area contributed by atoms with E-state index >= 15 is 0 Å². The van der Waals surface area contributed by atoms with Crippen molar-refractivity contribution in [3.63, 3.8) is 0 Å². The summed E-state index contributed by atoms with van der Waals surface area (Å²) < 4.78 is 20.6. The molecule has 0 spiro atoms. The number of halogens is 1. The number of benzene rings is 2. The highest BCUT2D eigenvalue weighted by Crippen LogP contribution is 2.29. The number of ether oxygens (including phenoxy) is 1. The second-order valence-corrected chi connectivity index (χ2v) is 8.41. The number of hydrogen-bond donors (Lipinski definition) is 1. The predicted molar refractivity (Wildman–Crippen MR) is 122 cm³/mol. The first-order valence-corrected chi connectivity index (χ1v) is 11.0. The SMILES string of the molecule is Cc1ccc(C)c2[nH]c(=O)c(C(c3nnnn3Cc3ccc(F)cc3)N3CCOCC3)cc12. The Hall–Kier alpha value is -3.43. The van der Waals surface area contributed by atoms with Crippen molar-refractivity contribution in [2.75, 3.05) is 26.3 Å². The van der Waals surface area contributed by atoms with Crippen LogP contribution in [0.2, 0.25) is 0 Å². The largest absolute Gasteiger partial charge is 0.379 e. The van der Waals surface area contributed by atoms with Crippen LogP contribution in [-0.2, 0) is 11.3 Å². The molecule has 170 valence electrons. The molecule has 33 heavy (non-hydrogen) atoms. The summed E-state index contributed by atoms with van der Waals surface area (Å²) in [4.78, 5) is 18.6. The predicted octanol–water partition coefficient (Wildman–Crippen LogP) is 2.74. The summed E-state index contributed by atoms with van der Waals surface area (Å²) in [6.07, 6.45) is 0. The highest BCUT2D eigenvalue weighted by atomic mass is 19.1. The van der Waals surface area contributed by atoms with Crippen LogP contribution in [-0.4, -0.2) is 56.4 Å². The molecule has 0 amide bonds. The van der Waals surface area contributed by atoms with Crippen molar-refractivity contribution in [3.8, 4) is 0 Å². The number of rotatable bonds is 5. The highest BCUT2D eigenvalue weighted by Gasteiger charge is 2.31. The van der Waals surface area contributed by atoms with Crippen LogP contribution in [0, 0.1) is 19.7 Å². The van der Waals surface area contributed by atoms with Crippen LogP contribution in [0.1, 0.15) is 34.1 Å². The number of aryl methyl sites for hydroxylation is 2. The minimum Gasteiger partial charge on any atom is -0.379 e. The number of pyridine rings is 1. The van der Waals surface area contributed by atoms with Crippen molar-refractivity contribution in [2.45, 2.75) is 26.4 Å². The number of tetrazole rings is 1.